The zero-order valence-corrected chi connectivity index (χ0v) is 14.9. The predicted molar refractivity (Wildman–Crippen MR) is 96.9 cm³/mol. The Morgan fingerprint density at radius 3 is 2.83 bits per heavy atom. The summed E-state index contributed by atoms with van der Waals surface area (Å²) in [6.07, 6.45) is 7.44. The molecule has 1 saturated heterocycles. The Bertz CT molecular complexity index is 613. The summed E-state index contributed by atoms with van der Waals surface area (Å²) in [6.45, 7) is 1.86. The van der Waals surface area contributed by atoms with Crippen molar-refractivity contribution >= 4 is 12.0 Å². The highest BCUT2D eigenvalue weighted by molar-refractivity contribution is 5.77. The number of amides is 1. The molecule has 0 unspecified atom stereocenters. The number of carbonyl (C=O) groups excluding carboxylic acids is 1. The first-order valence-corrected chi connectivity index (χ1v) is 8.82. The van der Waals surface area contributed by atoms with Gasteiger partial charge in [-0.2, -0.15) is 0 Å². The smallest absolute Gasteiger partial charge is 0.222 e. The van der Waals surface area contributed by atoms with Crippen molar-refractivity contribution in [3.63, 3.8) is 0 Å². The van der Waals surface area contributed by atoms with Gasteiger partial charge in [0.25, 0.3) is 0 Å². The molecule has 0 bridgehead atoms. The van der Waals surface area contributed by atoms with Crippen LogP contribution >= 0.6 is 0 Å². The molecule has 0 spiro atoms. The Kier molecular flexibility index (Phi) is 5.24. The molecular weight excluding hydrogens is 300 g/mol. The number of likely N-dealkylation sites (N-methyl/N-ethyl adjacent to an activating group) is 1. The highest BCUT2D eigenvalue weighted by Crippen LogP contribution is 2.39. The summed E-state index contributed by atoms with van der Waals surface area (Å²) >= 11 is 0. The predicted octanol–water partition coefficient (Wildman–Crippen LogP) is 2.90. The second-order valence-corrected chi connectivity index (χ2v) is 7.21. The lowest BCUT2D eigenvalue weighted by Gasteiger charge is -2.31. The molecule has 4 nitrogen and oxygen atoms in total. The summed E-state index contributed by atoms with van der Waals surface area (Å²) in [5, 5.41) is 0. The maximum atomic E-state index is 11.9. The van der Waals surface area contributed by atoms with Gasteiger partial charge >= 0.3 is 0 Å². The molecule has 0 aromatic heterocycles. The second kappa shape index (κ2) is 7.39. The molecule has 1 aromatic carbocycles. The van der Waals surface area contributed by atoms with Gasteiger partial charge in [0, 0.05) is 38.2 Å². The third-order valence-corrected chi connectivity index (χ3v) is 5.64. The fraction of sp³-hybridized carbons (Fsp3) is 0.550. The molecule has 4 heteroatoms. The first kappa shape index (κ1) is 17.0. The molecule has 3 atom stereocenters. The largest absolute Gasteiger partial charge is 0.496 e. The fourth-order valence-electron chi connectivity index (χ4n) is 4.15. The van der Waals surface area contributed by atoms with E-state index >= 15 is 0 Å². The van der Waals surface area contributed by atoms with E-state index in [9.17, 15) is 4.79 Å². The lowest BCUT2D eigenvalue weighted by atomic mass is 9.88. The molecular formula is C20H28N2O2. The summed E-state index contributed by atoms with van der Waals surface area (Å²) in [4.78, 5) is 16.2. The van der Waals surface area contributed by atoms with Crippen LogP contribution in [0.25, 0.3) is 6.08 Å². The minimum atomic E-state index is 0.315. The van der Waals surface area contributed by atoms with Gasteiger partial charge in [0.15, 0.2) is 0 Å². The number of ether oxygens (including phenoxy) is 1. The normalized spacial score (nSPS) is 27.1. The molecule has 1 aliphatic carbocycles. The molecule has 2 aliphatic rings. The van der Waals surface area contributed by atoms with E-state index in [2.05, 4.69) is 30.2 Å². The minimum Gasteiger partial charge on any atom is -0.496 e. The number of likely N-dealkylation sites (tertiary alicyclic amines) is 1. The van der Waals surface area contributed by atoms with E-state index in [0.717, 1.165) is 37.2 Å². The Labute approximate surface area is 145 Å². The monoisotopic (exact) mass is 328 g/mol. The summed E-state index contributed by atoms with van der Waals surface area (Å²) in [5.41, 5.74) is 1.11. The molecule has 130 valence electrons. The maximum absolute atomic E-state index is 11.9. The molecule has 1 amide bonds. The third kappa shape index (κ3) is 3.64. The summed E-state index contributed by atoms with van der Waals surface area (Å²) in [7, 11) is 5.84. The molecule has 0 N–H and O–H groups in total. The number of hydrogen-bond acceptors (Lipinski definition) is 3. The van der Waals surface area contributed by atoms with E-state index in [1.54, 1.807) is 7.11 Å². The number of para-hydroxylation sites is 1. The van der Waals surface area contributed by atoms with Crippen LogP contribution < -0.4 is 4.74 Å². The van der Waals surface area contributed by atoms with Crippen LogP contribution in [-0.2, 0) is 4.79 Å². The fourth-order valence-corrected chi connectivity index (χ4v) is 4.15. The van der Waals surface area contributed by atoms with Gasteiger partial charge in [0.2, 0.25) is 5.91 Å². The summed E-state index contributed by atoms with van der Waals surface area (Å²) in [6, 6.07) is 8.66. The SMILES string of the molecule is COc1ccccc1/C=C/CN(C)[C@@H]1C[C@@H]2CC(=O)N(C)C[C@@H]2C1. The van der Waals surface area contributed by atoms with Crippen LogP contribution in [-0.4, -0.2) is 56.0 Å². The van der Waals surface area contributed by atoms with Gasteiger partial charge in [-0.1, -0.05) is 30.4 Å². The van der Waals surface area contributed by atoms with Crippen molar-refractivity contribution in [3.05, 3.63) is 35.9 Å². The number of carbonyl (C=O) groups is 1. The molecule has 24 heavy (non-hydrogen) atoms. The van der Waals surface area contributed by atoms with Crippen LogP contribution in [0.5, 0.6) is 5.75 Å². The lowest BCUT2D eigenvalue weighted by molar-refractivity contribution is -0.134. The van der Waals surface area contributed by atoms with E-state index in [0.29, 0.717) is 23.8 Å². The Balaban J connectivity index is 1.55. The maximum Gasteiger partial charge on any atom is 0.222 e. The first-order chi connectivity index (χ1) is 11.6. The van der Waals surface area contributed by atoms with Gasteiger partial charge in [-0.05, 0) is 37.8 Å². The Morgan fingerprint density at radius 2 is 2.04 bits per heavy atom. The molecule has 0 radical (unpaired) electrons. The van der Waals surface area contributed by atoms with Crippen molar-refractivity contribution < 1.29 is 9.53 Å². The van der Waals surface area contributed by atoms with E-state index in [1.165, 1.54) is 6.42 Å². The number of hydrogen-bond donors (Lipinski definition) is 0. The minimum absolute atomic E-state index is 0.315. The molecule has 1 aromatic rings. The Hall–Kier alpha value is -1.81. The van der Waals surface area contributed by atoms with Gasteiger partial charge in [0.05, 0.1) is 7.11 Å². The van der Waals surface area contributed by atoms with Crippen molar-refractivity contribution in [2.45, 2.75) is 25.3 Å². The number of nitrogens with zero attached hydrogens (tertiary/aromatic N) is 2. The van der Waals surface area contributed by atoms with E-state index in [4.69, 9.17) is 4.74 Å². The van der Waals surface area contributed by atoms with Gasteiger partial charge in [0.1, 0.15) is 5.75 Å². The van der Waals surface area contributed by atoms with Crippen LogP contribution in [0.1, 0.15) is 24.8 Å². The topological polar surface area (TPSA) is 32.8 Å². The highest BCUT2D eigenvalue weighted by Gasteiger charge is 2.41. The van der Waals surface area contributed by atoms with Gasteiger partial charge in [-0.3, -0.25) is 9.69 Å². The number of methoxy groups -OCH3 is 1. The van der Waals surface area contributed by atoms with Gasteiger partial charge in [-0.25, -0.2) is 0 Å². The zero-order valence-electron chi connectivity index (χ0n) is 14.9. The second-order valence-electron chi connectivity index (χ2n) is 7.21. The first-order valence-electron chi connectivity index (χ1n) is 8.82. The number of fused-ring (bicyclic) bond motifs is 1. The average molecular weight is 328 g/mol. The number of benzene rings is 1. The van der Waals surface area contributed by atoms with Crippen molar-refractivity contribution in [3.8, 4) is 5.75 Å². The van der Waals surface area contributed by atoms with Gasteiger partial charge < -0.3 is 9.64 Å². The molecule has 1 saturated carbocycles. The number of piperidine rings is 1. The van der Waals surface area contributed by atoms with Crippen LogP contribution in [0, 0.1) is 11.8 Å². The molecule has 2 fully saturated rings. The third-order valence-electron chi connectivity index (χ3n) is 5.64. The summed E-state index contributed by atoms with van der Waals surface area (Å²) in [5.74, 6) is 2.48. The van der Waals surface area contributed by atoms with E-state index < -0.39 is 0 Å². The van der Waals surface area contributed by atoms with Crippen molar-refractivity contribution in [1.29, 1.82) is 0 Å². The highest BCUT2D eigenvalue weighted by atomic mass is 16.5. The summed E-state index contributed by atoms with van der Waals surface area (Å²) < 4.78 is 5.39. The van der Waals surface area contributed by atoms with E-state index in [-0.39, 0.29) is 0 Å². The Morgan fingerprint density at radius 1 is 1.29 bits per heavy atom. The van der Waals surface area contributed by atoms with Crippen LogP contribution in [0.15, 0.2) is 30.3 Å². The molecule has 1 heterocycles. The van der Waals surface area contributed by atoms with Crippen LogP contribution in [0.2, 0.25) is 0 Å². The van der Waals surface area contributed by atoms with Crippen molar-refractivity contribution in [2.75, 3.05) is 34.3 Å². The number of rotatable bonds is 5. The van der Waals surface area contributed by atoms with Crippen LogP contribution in [0.3, 0.4) is 0 Å². The molecule has 1 aliphatic heterocycles. The average Bonchev–Trinajstić information content (AvgIpc) is 2.98. The zero-order chi connectivity index (χ0) is 17.1. The molecule has 3 rings (SSSR count). The lowest BCUT2D eigenvalue weighted by Crippen LogP contribution is -2.39. The van der Waals surface area contributed by atoms with Gasteiger partial charge in [-0.15, -0.1) is 0 Å². The van der Waals surface area contributed by atoms with E-state index in [1.807, 2.05) is 30.1 Å². The quantitative estimate of drug-likeness (QED) is 0.833. The van der Waals surface area contributed by atoms with Crippen molar-refractivity contribution in [2.24, 2.45) is 11.8 Å². The van der Waals surface area contributed by atoms with Crippen LogP contribution in [0.4, 0.5) is 0 Å². The van der Waals surface area contributed by atoms with Crippen molar-refractivity contribution in [1.82, 2.24) is 9.80 Å². The standard InChI is InChI=1S/C20H28N2O2/c1-21(10-6-8-15-7-4-5-9-19(15)24-3)18-11-16-13-20(23)22(2)14-17(16)12-18/h4-9,16-18H,10-14H2,1-3H3/b8-6+/t16-,17+,18-/m1/s1.